The number of nitrogen functional groups attached to an aromatic ring is 1. The highest BCUT2D eigenvalue weighted by Gasteiger charge is 2.03. The Morgan fingerprint density at radius 1 is 1.11 bits per heavy atom. The van der Waals surface area contributed by atoms with Crippen molar-refractivity contribution < 1.29 is 0 Å². The second kappa shape index (κ2) is 5.40. The molecule has 0 spiro atoms. The van der Waals surface area contributed by atoms with Crippen LogP contribution in [0.15, 0.2) is 40.3 Å². The summed E-state index contributed by atoms with van der Waals surface area (Å²) in [6.45, 7) is 6.23. The summed E-state index contributed by atoms with van der Waals surface area (Å²) in [6, 6.07) is 10.4. The van der Waals surface area contributed by atoms with Crippen LogP contribution in [0.1, 0.15) is 31.2 Å². The Kier molecular flexibility index (Phi) is 3.87. The van der Waals surface area contributed by atoms with Crippen LogP contribution < -0.4 is 5.73 Å². The van der Waals surface area contributed by atoms with Crippen LogP contribution >= 0.6 is 11.8 Å². The maximum absolute atomic E-state index is 5.71. The summed E-state index contributed by atoms with van der Waals surface area (Å²) in [7, 11) is 0. The monoisotopic (exact) mass is 259 g/mol. The van der Waals surface area contributed by atoms with E-state index in [2.05, 4.69) is 48.1 Å². The summed E-state index contributed by atoms with van der Waals surface area (Å²) < 4.78 is 0. The van der Waals surface area contributed by atoms with Crippen molar-refractivity contribution in [3.05, 3.63) is 41.7 Å². The molecule has 3 nitrogen and oxygen atoms in total. The maximum atomic E-state index is 5.71. The average Bonchev–Trinajstić information content (AvgIpc) is 2.28. The first-order chi connectivity index (χ1) is 8.54. The molecule has 0 amide bonds. The summed E-state index contributed by atoms with van der Waals surface area (Å²) >= 11 is 1.61. The van der Waals surface area contributed by atoms with Gasteiger partial charge in [0.2, 0.25) is 0 Å². The van der Waals surface area contributed by atoms with Crippen LogP contribution in [0, 0.1) is 6.92 Å². The molecule has 18 heavy (non-hydrogen) atoms. The molecule has 0 unspecified atom stereocenters. The van der Waals surface area contributed by atoms with E-state index in [0.29, 0.717) is 17.6 Å². The molecule has 94 valence electrons. The highest BCUT2D eigenvalue weighted by atomic mass is 32.2. The van der Waals surface area contributed by atoms with Crippen LogP contribution in [0.3, 0.4) is 0 Å². The minimum Gasteiger partial charge on any atom is -0.384 e. The van der Waals surface area contributed by atoms with E-state index in [4.69, 9.17) is 5.73 Å². The molecule has 0 atom stereocenters. The van der Waals surface area contributed by atoms with E-state index in [0.717, 1.165) is 9.92 Å². The standard InChI is InChI=1S/C14H17N3S/c1-9(2)11-4-6-12(7-5-11)18-14-8-13(15)16-10(3)17-14/h4-9H,1-3H3,(H2,15,16,17). The van der Waals surface area contributed by atoms with Gasteiger partial charge in [-0.25, -0.2) is 9.97 Å². The van der Waals surface area contributed by atoms with Gasteiger partial charge in [-0.1, -0.05) is 37.7 Å². The smallest absolute Gasteiger partial charge is 0.128 e. The van der Waals surface area contributed by atoms with E-state index in [9.17, 15) is 0 Å². The van der Waals surface area contributed by atoms with Crippen molar-refractivity contribution in [1.82, 2.24) is 9.97 Å². The van der Waals surface area contributed by atoms with Gasteiger partial charge in [0.25, 0.3) is 0 Å². The highest BCUT2D eigenvalue weighted by molar-refractivity contribution is 7.99. The maximum Gasteiger partial charge on any atom is 0.128 e. The van der Waals surface area contributed by atoms with Crippen molar-refractivity contribution in [2.45, 2.75) is 36.6 Å². The zero-order valence-corrected chi connectivity index (χ0v) is 11.7. The second-order valence-electron chi connectivity index (χ2n) is 4.50. The lowest BCUT2D eigenvalue weighted by Gasteiger charge is -2.07. The van der Waals surface area contributed by atoms with E-state index in [1.165, 1.54) is 5.56 Å². The van der Waals surface area contributed by atoms with Crippen LogP contribution in [0.25, 0.3) is 0 Å². The van der Waals surface area contributed by atoms with E-state index in [1.807, 2.05) is 6.92 Å². The summed E-state index contributed by atoms with van der Waals surface area (Å²) in [5.74, 6) is 1.78. The molecule has 2 aromatic rings. The molecule has 4 heteroatoms. The average molecular weight is 259 g/mol. The summed E-state index contributed by atoms with van der Waals surface area (Å²) in [4.78, 5) is 9.59. The fourth-order valence-electron chi connectivity index (χ4n) is 1.66. The van der Waals surface area contributed by atoms with Gasteiger partial charge < -0.3 is 5.73 Å². The van der Waals surface area contributed by atoms with Gasteiger partial charge in [0, 0.05) is 11.0 Å². The van der Waals surface area contributed by atoms with Crippen LogP contribution in [0.2, 0.25) is 0 Å². The molecule has 1 aromatic carbocycles. The summed E-state index contributed by atoms with van der Waals surface area (Å²) in [5.41, 5.74) is 7.06. The van der Waals surface area contributed by atoms with Gasteiger partial charge >= 0.3 is 0 Å². The van der Waals surface area contributed by atoms with Gasteiger partial charge in [-0.05, 0) is 30.5 Å². The van der Waals surface area contributed by atoms with E-state index >= 15 is 0 Å². The van der Waals surface area contributed by atoms with Crippen LogP contribution in [0.5, 0.6) is 0 Å². The Morgan fingerprint density at radius 3 is 2.33 bits per heavy atom. The number of nitrogens with zero attached hydrogens (tertiary/aromatic N) is 2. The van der Waals surface area contributed by atoms with Crippen molar-refractivity contribution in [1.29, 1.82) is 0 Å². The molecule has 0 saturated carbocycles. The van der Waals surface area contributed by atoms with Gasteiger partial charge in [0.05, 0.1) is 0 Å². The van der Waals surface area contributed by atoms with Crippen LogP contribution in [-0.4, -0.2) is 9.97 Å². The van der Waals surface area contributed by atoms with Crippen molar-refractivity contribution in [2.24, 2.45) is 0 Å². The van der Waals surface area contributed by atoms with Crippen LogP contribution in [0.4, 0.5) is 5.82 Å². The van der Waals surface area contributed by atoms with Gasteiger partial charge in [-0.15, -0.1) is 0 Å². The first-order valence-corrected chi connectivity index (χ1v) is 6.75. The van der Waals surface area contributed by atoms with Crippen LogP contribution in [-0.2, 0) is 0 Å². The number of nitrogens with two attached hydrogens (primary N) is 1. The molecule has 0 radical (unpaired) electrons. The Balaban J connectivity index is 2.18. The SMILES string of the molecule is Cc1nc(N)cc(Sc2ccc(C(C)C)cc2)n1. The Labute approximate surface area is 112 Å². The van der Waals surface area contributed by atoms with E-state index < -0.39 is 0 Å². The topological polar surface area (TPSA) is 51.8 Å². The van der Waals surface area contributed by atoms with Gasteiger partial charge in [-0.2, -0.15) is 0 Å². The first kappa shape index (κ1) is 12.9. The van der Waals surface area contributed by atoms with Crippen molar-refractivity contribution in [3.63, 3.8) is 0 Å². The largest absolute Gasteiger partial charge is 0.384 e. The molecule has 0 bridgehead atoms. The van der Waals surface area contributed by atoms with E-state index in [-0.39, 0.29) is 0 Å². The molecule has 1 heterocycles. The number of anilines is 1. The Hall–Kier alpha value is -1.55. The fraction of sp³-hybridized carbons (Fsp3) is 0.286. The molecule has 0 aliphatic heterocycles. The quantitative estimate of drug-likeness (QED) is 0.855. The number of aryl methyl sites for hydroxylation is 1. The van der Waals surface area contributed by atoms with Gasteiger partial charge in [0.1, 0.15) is 16.7 Å². The number of hydrogen-bond acceptors (Lipinski definition) is 4. The third kappa shape index (κ3) is 3.23. The molecule has 0 aliphatic carbocycles. The number of rotatable bonds is 3. The molecule has 1 aromatic heterocycles. The molecule has 0 aliphatic rings. The third-order valence-corrected chi connectivity index (χ3v) is 3.53. The van der Waals surface area contributed by atoms with Crippen molar-refractivity contribution in [3.8, 4) is 0 Å². The third-order valence-electron chi connectivity index (χ3n) is 2.60. The minimum atomic E-state index is 0.517. The Bertz CT molecular complexity index is 515. The molecular formula is C14H17N3S. The number of aromatic nitrogens is 2. The fourth-order valence-corrected chi connectivity index (χ4v) is 2.53. The van der Waals surface area contributed by atoms with Gasteiger partial charge in [0.15, 0.2) is 0 Å². The summed E-state index contributed by atoms with van der Waals surface area (Å²) in [5, 5.41) is 0.886. The zero-order valence-electron chi connectivity index (χ0n) is 10.8. The highest BCUT2D eigenvalue weighted by Crippen LogP contribution is 2.28. The molecule has 2 N–H and O–H groups in total. The predicted octanol–water partition coefficient (Wildman–Crippen LogP) is 3.64. The van der Waals surface area contributed by atoms with E-state index in [1.54, 1.807) is 17.8 Å². The molecule has 0 fully saturated rings. The Morgan fingerprint density at radius 2 is 1.78 bits per heavy atom. The molecular weight excluding hydrogens is 242 g/mol. The van der Waals surface area contributed by atoms with Gasteiger partial charge in [-0.3, -0.25) is 0 Å². The van der Waals surface area contributed by atoms with Crippen molar-refractivity contribution in [2.75, 3.05) is 5.73 Å². The normalized spacial score (nSPS) is 10.9. The minimum absolute atomic E-state index is 0.517. The zero-order chi connectivity index (χ0) is 13.1. The number of hydrogen-bond donors (Lipinski definition) is 1. The van der Waals surface area contributed by atoms with Crippen molar-refractivity contribution >= 4 is 17.6 Å². The summed E-state index contributed by atoms with van der Waals surface area (Å²) in [6.07, 6.45) is 0. The lowest BCUT2D eigenvalue weighted by molar-refractivity contribution is 0.865. The number of benzene rings is 1. The lowest BCUT2D eigenvalue weighted by Crippen LogP contribution is -1.96. The first-order valence-electron chi connectivity index (χ1n) is 5.93. The predicted molar refractivity (Wildman–Crippen MR) is 75.8 cm³/mol. The molecule has 0 saturated heterocycles. The second-order valence-corrected chi connectivity index (χ2v) is 5.60. The molecule has 2 rings (SSSR count). The lowest BCUT2D eigenvalue weighted by atomic mass is 10.0.